The first-order valence-corrected chi connectivity index (χ1v) is 14.9. The number of halogens is 6. The zero-order chi connectivity index (χ0) is 32.4. The van der Waals surface area contributed by atoms with Crippen molar-refractivity contribution in [1.82, 2.24) is 14.7 Å². The lowest BCUT2D eigenvalue weighted by Gasteiger charge is -2.50. The van der Waals surface area contributed by atoms with Gasteiger partial charge in [-0.15, -0.1) is 0 Å². The molecule has 2 fully saturated rings. The van der Waals surface area contributed by atoms with E-state index < -0.39 is 41.4 Å². The standard InChI is InChI=1S/C31H45F6N3O3/c1-28(2,3)25-20-39(24(11-14-30(32,33)34)22-7-9-23(10-8-22)31(35,36)37)17-18-40(25)26(41)19-21-12-15-38(16-13-21)27(42)43-29(4,5)6/h7-10,21,24-25H,11-20H2,1-6H3/t24?,25-/m1/s1. The van der Waals surface area contributed by atoms with Crippen LogP contribution in [0, 0.1) is 11.3 Å². The number of carbonyl (C=O) groups is 2. The predicted molar refractivity (Wildman–Crippen MR) is 151 cm³/mol. The summed E-state index contributed by atoms with van der Waals surface area (Å²) < 4.78 is 84.7. The Morgan fingerprint density at radius 2 is 1.47 bits per heavy atom. The van der Waals surface area contributed by atoms with Gasteiger partial charge in [0.15, 0.2) is 0 Å². The summed E-state index contributed by atoms with van der Waals surface area (Å²) in [4.78, 5) is 31.4. The van der Waals surface area contributed by atoms with Crippen molar-refractivity contribution in [3.05, 3.63) is 35.4 Å². The third-order valence-electron chi connectivity index (χ3n) is 8.23. The summed E-state index contributed by atoms with van der Waals surface area (Å²) in [6.07, 6.45) is -9.05. The van der Waals surface area contributed by atoms with E-state index in [1.54, 1.807) is 4.90 Å². The Bertz CT molecular complexity index is 1080. The van der Waals surface area contributed by atoms with Crippen LogP contribution in [-0.2, 0) is 15.7 Å². The van der Waals surface area contributed by atoms with Crippen LogP contribution in [0.15, 0.2) is 24.3 Å². The summed E-state index contributed by atoms with van der Waals surface area (Å²) in [5, 5.41) is 0. The quantitative estimate of drug-likeness (QED) is 0.306. The lowest BCUT2D eigenvalue weighted by molar-refractivity contribution is -0.144. The first-order valence-electron chi connectivity index (χ1n) is 14.9. The minimum Gasteiger partial charge on any atom is -0.444 e. The second-order valence-electron chi connectivity index (χ2n) is 13.9. The first kappa shape index (κ1) is 35.0. The molecule has 3 rings (SSSR count). The first-order chi connectivity index (χ1) is 19.6. The molecule has 2 atom stereocenters. The number of hydrogen-bond donors (Lipinski definition) is 0. The van der Waals surface area contributed by atoms with Crippen LogP contribution in [0.4, 0.5) is 31.1 Å². The van der Waals surface area contributed by atoms with Gasteiger partial charge >= 0.3 is 18.4 Å². The zero-order valence-electron chi connectivity index (χ0n) is 25.9. The number of amides is 2. The van der Waals surface area contributed by atoms with E-state index in [0.717, 1.165) is 12.1 Å². The molecule has 244 valence electrons. The molecule has 2 aliphatic rings. The molecule has 6 nitrogen and oxygen atoms in total. The van der Waals surface area contributed by atoms with Crippen LogP contribution < -0.4 is 0 Å². The van der Waals surface area contributed by atoms with Crippen molar-refractivity contribution in [2.45, 2.75) is 104 Å². The molecule has 2 aliphatic heterocycles. The molecular weight excluding hydrogens is 576 g/mol. The molecule has 1 aromatic rings. The molecule has 2 heterocycles. The average Bonchev–Trinajstić information content (AvgIpc) is 2.86. The number of piperidine rings is 1. The lowest BCUT2D eigenvalue weighted by Crippen LogP contribution is -2.60. The average molecular weight is 622 g/mol. The Labute approximate surface area is 250 Å². The molecule has 43 heavy (non-hydrogen) atoms. The fourth-order valence-electron chi connectivity index (χ4n) is 5.89. The van der Waals surface area contributed by atoms with Crippen molar-refractivity contribution < 1.29 is 40.7 Å². The molecule has 0 aromatic heterocycles. The van der Waals surface area contributed by atoms with Gasteiger partial charge in [0, 0.05) is 57.6 Å². The van der Waals surface area contributed by atoms with Crippen LogP contribution in [0.2, 0.25) is 0 Å². The number of rotatable bonds is 6. The minimum absolute atomic E-state index is 0.0309. The number of piperazine rings is 1. The molecule has 0 spiro atoms. The Hall–Kier alpha value is -2.50. The molecule has 0 N–H and O–H groups in total. The fourth-order valence-corrected chi connectivity index (χ4v) is 5.89. The summed E-state index contributed by atoms with van der Waals surface area (Å²) in [5.74, 6) is 0.0631. The normalized spacial score (nSPS) is 20.7. The van der Waals surface area contributed by atoms with Crippen molar-refractivity contribution in [3.63, 3.8) is 0 Å². The van der Waals surface area contributed by atoms with Crippen LogP contribution in [0.25, 0.3) is 0 Å². The van der Waals surface area contributed by atoms with Crippen LogP contribution in [-0.4, -0.2) is 77.2 Å². The predicted octanol–water partition coefficient (Wildman–Crippen LogP) is 7.69. The SMILES string of the molecule is CC(C)(C)OC(=O)N1CCC(CC(=O)N2CCN(C(CCC(F)(F)F)c3ccc(C(F)(F)F)cc3)C[C@@H]2C(C)(C)C)CC1. The van der Waals surface area contributed by atoms with E-state index >= 15 is 0 Å². The maximum Gasteiger partial charge on any atom is 0.416 e. The molecule has 0 bridgehead atoms. The summed E-state index contributed by atoms with van der Waals surface area (Å²) in [6, 6.07) is 3.28. The molecule has 12 heteroatoms. The third kappa shape index (κ3) is 10.3. The van der Waals surface area contributed by atoms with Crippen molar-refractivity contribution in [1.29, 1.82) is 0 Å². The summed E-state index contributed by atoms with van der Waals surface area (Å²) in [5.41, 5.74) is -1.46. The maximum atomic E-state index is 13.6. The van der Waals surface area contributed by atoms with Gasteiger partial charge in [-0.25, -0.2) is 4.79 Å². The van der Waals surface area contributed by atoms with E-state index in [-0.39, 0.29) is 30.4 Å². The number of ether oxygens (including phenoxy) is 1. The van der Waals surface area contributed by atoms with E-state index in [1.165, 1.54) is 12.1 Å². The number of alkyl halides is 6. The molecule has 2 amide bonds. The maximum absolute atomic E-state index is 13.6. The van der Waals surface area contributed by atoms with Gasteiger partial charge in [-0.1, -0.05) is 32.9 Å². The van der Waals surface area contributed by atoms with Crippen molar-refractivity contribution in [2.75, 3.05) is 32.7 Å². The van der Waals surface area contributed by atoms with Crippen LogP contribution in [0.5, 0.6) is 0 Å². The van der Waals surface area contributed by atoms with Gasteiger partial charge in [0.2, 0.25) is 5.91 Å². The fraction of sp³-hybridized carbons (Fsp3) is 0.742. The second kappa shape index (κ2) is 13.2. The Morgan fingerprint density at radius 3 is 1.95 bits per heavy atom. The number of likely N-dealkylation sites (tertiary alicyclic amines) is 1. The molecule has 0 saturated carbocycles. The number of benzene rings is 1. The van der Waals surface area contributed by atoms with E-state index in [0.29, 0.717) is 57.5 Å². The molecule has 0 aliphatic carbocycles. The smallest absolute Gasteiger partial charge is 0.416 e. The Morgan fingerprint density at radius 1 is 0.884 bits per heavy atom. The summed E-state index contributed by atoms with van der Waals surface area (Å²) in [6.45, 7) is 13.3. The highest BCUT2D eigenvalue weighted by molar-refractivity contribution is 5.77. The van der Waals surface area contributed by atoms with Gasteiger partial charge in [0.1, 0.15) is 5.60 Å². The molecule has 2 saturated heterocycles. The minimum atomic E-state index is -4.55. The third-order valence-corrected chi connectivity index (χ3v) is 8.23. The monoisotopic (exact) mass is 621 g/mol. The van der Waals surface area contributed by atoms with Gasteiger partial charge in [0.25, 0.3) is 0 Å². The highest BCUT2D eigenvalue weighted by atomic mass is 19.4. The second-order valence-corrected chi connectivity index (χ2v) is 13.9. The van der Waals surface area contributed by atoms with Crippen LogP contribution in [0.1, 0.15) is 90.8 Å². The van der Waals surface area contributed by atoms with Gasteiger partial charge in [-0.05, 0) is 69.1 Å². The lowest BCUT2D eigenvalue weighted by atomic mass is 9.82. The summed E-state index contributed by atoms with van der Waals surface area (Å²) >= 11 is 0. The van der Waals surface area contributed by atoms with E-state index in [9.17, 15) is 35.9 Å². The number of nitrogens with zero attached hydrogens (tertiary/aromatic N) is 3. The number of carbonyl (C=O) groups excluding carboxylic acids is 2. The van der Waals surface area contributed by atoms with E-state index in [2.05, 4.69) is 0 Å². The largest absolute Gasteiger partial charge is 0.444 e. The highest BCUT2D eigenvalue weighted by Crippen LogP contribution is 2.38. The van der Waals surface area contributed by atoms with Crippen molar-refractivity contribution >= 4 is 12.0 Å². The van der Waals surface area contributed by atoms with E-state index in [1.807, 2.05) is 51.3 Å². The van der Waals surface area contributed by atoms with Crippen molar-refractivity contribution in [2.24, 2.45) is 11.3 Å². The number of hydrogen-bond acceptors (Lipinski definition) is 4. The molecule has 1 unspecified atom stereocenters. The van der Waals surface area contributed by atoms with Gasteiger partial charge in [0.05, 0.1) is 5.56 Å². The van der Waals surface area contributed by atoms with Gasteiger partial charge in [-0.2, -0.15) is 26.3 Å². The van der Waals surface area contributed by atoms with E-state index in [4.69, 9.17) is 4.74 Å². The Kier molecular flexibility index (Phi) is 10.8. The Balaban J connectivity index is 1.71. The van der Waals surface area contributed by atoms with Gasteiger partial charge < -0.3 is 14.5 Å². The van der Waals surface area contributed by atoms with Crippen molar-refractivity contribution in [3.8, 4) is 0 Å². The molecular formula is C31H45F6N3O3. The molecule has 1 aromatic carbocycles. The molecule has 0 radical (unpaired) electrons. The highest BCUT2D eigenvalue weighted by Gasteiger charge is 2.42. The summed E-state index contributed by atoms with van der Waals surface area (Å²) in [7, 11) is 0. The zero-order valence-corrected chi connectivity index (χ0v) is 25.9. The van der Waals surface area contributed by atoms with Gasteiger partial charge in [-0.3, -0.25) is 9.69 Å². The van der Waals surface area contributed by atoms with Crippen LogP contribution in [0.3, 0.4) is 0 Å². The topological polar surface area (TPSA) is 53.1 Å². The van der Waals surface area contributed by atoms with Crippen LogP contribution >= 0.6 is 0 Å².